The van der Waals surface area contributed by atoms with Crippen molar-refractivity contribution < 1.29 is 28.9 Å². The van der Waals surface area contributed by atoms with E-state index in [1.807, 2.05) is 0 Å². The van der Waals surface area contributed by atoms with Gasteiger partial charge in [-0.05, 0) is 20.8 Å². The highest BCUT2D eigenvalue weighted by molar-refractivity contribution is 6.04. The molecule has 6 nitrogen and oxygen atoms in total. The molecule has 1 rings (SSSR count). The Morgan fingerprint density at radius 1 is 1.05 bits per heavy atom. The molecule has 22 heavy (non-hydrogen) atoms. The summed E-state index contributed by atoms with van der Waals surface area (Å²) in [6.07, 6.45) is -1.55. The van der Waals surface area contributed by atoms with Gasteiger partial charge in [0.1, 0.15) is 0 Å². The van der Waals surface area contributed by atoms with Gasteiger partial charge in [-0.25, -0.2) is 4.79 Å². The molecule has 0 saturated heterocycles. The number of aliphatic carboxylic acids is 1. The zero-order valence-electron chi connectivity index (χ0n) is 13.1. The summed E-state index contributed by atoms with van der Waals surface area (Å²) in [5.74, 6) is -3.89. The van der Waals surface area contributed by atoms with Crippen molar-refractivity contribution in [2.45, 2.75) is 32.7 Å². The van der Waals surface area contributed by atoms with Crippen LogP contribution in [-0.2, 0) is 19.0 Å². The molecule has 1 unspecified atom stereocenters. The maximum Gasteiger partial charge on any atom is 0.339 e. The molecule has 0 heterocycles. The van der Waals surface area contributed by atoms with Crippen molar-refractivity contribution in [1.29, 1.82) is 0 Å². The topological polar surface area (TPSA) is 82.1 Å². The van der Waals surface area contributed by atoms with Crippen LogP contribution in [-0.4, -0.2) is 48.6 Å². The highest BCUT2D eigenvalue weighted by Gasteiger charge is 2.53. The molecule has 0 aliphatic carbocycles. The first-order valence-electron chi connectivity index (χ1n) is 7.25. The Bertz CT molecular complexity index is 479. The fourth-order valence-electron chi connectivity index (χ4n) is 2.17. The summed E-state index contributed by atoms with van der Waals surface area (Å²) in [6.45, 7) is 5.30. The summed E-state index contributed by atoms with van der Waals surface area (Å²) in [5.41, 5.74) is 0.301. The second-order valence-corrected chi connectivity index (χ2v) is 4.40. The molecule has 122 valence electrons. The molecule has 0 aliphatic rings. The van der Waals surface area contributed by atoms with Crippen molar-refractivity contribution >= 4 is 11.8 Å². The molecule has 0 aromatic heterocycles. The zero-order chi connectivity index (χ0) is 16.6. The summed E-state index contributed by atoms with van der Waals surface area (Å²) in [4.78, 5) is 24.5. The molecular weight excluding hydrogens is 288 g/mol. The minimum absolute atomic E-state index is 0.107. The smallest absolute Gasteiger partial charge is 0.339 e. The Hall–Kier alpha value is -1.76. The van der Waals surface area contributed by atoms with Gasteiger partial charge in [0.25, 0.3) is 5.79 Å². The third-order valence-corrected chi connectivity index (χ3v) is 2.97. The largest absolute Gasteiger partial charge is 0.479 e. The van der Waals surface area contributed by atoms with Crippen molar-refractivity contribution in [3.05, 3.63) is 35.9 Å². The van der Waals surface area contributed by atoms with Gasteiger partial charge in [0.2, 0.25) is 11.9 Å². The van der Waals surface area contributed by atoms with Crippen molar-refractivity contribution in [2.75, 3.05) is 19.8 Å². The maximum absolute atomic E-state index is 12.9. The minimum atomic E-state index is -2.01. The van der Waals surface area contributed by atoms with Crippen LogP contribution in [0, 0.1) is 0 Å². The van der Waals surface area contributed by atoms with Crippen LogP contribution in [0.25, 0.3) is 0 Å². The van der Waals surface area contributed by atoms with Gasteiger partial charge in [0.15, 0.2) is 0 Å². The van der Waals surface area contributed by atoms with Crippen LogP contribution in [0.15, 0.2) is 30.3 Å². The van der Waals surface area contributed by atoms with E-state index in [-0.39, 0.29) is 19.8 Å². The molecule has 1 aromatic rings. The number of benzene rings is 1. The monoisotopic (exact) mass is 310 g/mol. The van der Waals surface area contributed by atoms with E-state index in [0.29, 0.717) is 5.56 Å². The summed E-state index contributed by atoms with van der Waals surface area (Å²) in [7, 11) is 0. The van der Waals surface area contributed by atoms with Crippen LogP contribution in [0.3, 0.4) is 0 Å². The Morgan fingerprint density at radius 2 is 1.59 bits per heavy atom. The van der Waals surface area contributed by atoms with Gasteiger partial charge in [0.05, 0.1) is 0 Å². The molecule has 1 N–H and O–H groups in total. The van der Waals surface area contributed by atoms with Gasteiger partial charge in [-0.2, -0.15) is 0 Å². The SMILES string of the molecule is CCOC(C(=O)O)C(OCC)(OCC)C(=O)c1ccccc1. The van der Waals surface area contributed by atoms with E-state index >= 15 is 0 Å². The lowest BCUT2D eigenvalue weighted by molar-refractivity contribution is -0.255. The molecule has 0 fully saturated rings. The van der Waals surface area contributed by atoms with Gasteiger partial charge in [-0.15, -0.1) is 0 Å². The fourth-order valence-corrected chi connectivity index (χ4v) is 2.17. The van der Waals surface area contributed by atoms with Crippen LogP contribution < -0.4 is 0 Å². The first kappa shape index (κ1) is 18.3. The first-order chi connectivity index (χ1) is 10.5. The van der Waals surface area contributed by atoms with Crippen molar-refractivity contribution in [1.82, 2.24) is 0 Å². The van der Waals surface area contributed by atoms with Crippen LogP contribution in [0.5, 0.6) is 0 Å². The molecule has 0 amide bonds. The minimum Gasteiger partial charge on any atom is -0.479 e. The van der Waals surface area contributed by atoms with Gasteiger partial charge in [0, 0.05) is 25.4 Å². The second kappa shape index (κ2) is 8.63. The Morgan fingerprint density at radius 3 is 2.00 bits per heavy atom. The third-order valence-electron chi connectivity index (χ3n) is 2.97. The van der Waals surface area contributed by atoms with Crippen LogP contribution in [0.4, 0.5) is 0 Å². The van der Waals surface area contributed by atoms with Gasteiger partial charge >= 0.3 is 5.97 Å². The van der Waals surface area contributed by atoms with Gasteiger partial charge in [-0.1, -0.05) is 30.3 Å². The number of carbonyl (C=O) groups is 2. The Labute approximate surface area is 130 Å². The highest BCUT2D eigenvalue weighted by Crippen LogP contribution is 2.27. The summed E-state index contributed by atoms with van der Waals surface area (Å²) in [5, 5.41) is 9.45. The maximum atomic E-state index is 12.9. The normalized spacial score (nSPS) is 12.9. The average molecular weight is 310 g/mol. The number of carboxylic acid groups (broad SMARTS) is 1. The van der Waals surface area contributed by atoms with Crippen molar-refractivity contribution in [3.8, 4) is 0 Å². The predicted molar refractivity (Wildman–Crippen MR) is 79.8 cm³/mol. The molecule has 0 spiro atoms. The summed E-state index contributed by atoms with van der Waals surface area (Å²) in [6, 6.07) is 8.30. The lowest BCUT2D eigenvalue weighted by Crippen LogP contribution is -2.58. The number of hydrogen-bond acceptors (Lipinski definition) is 5. The second-order valence-electron chi connectivity index (χ2n) is 4.40. The number of rotatable bonds is 10. The molecule has 0 saturated carbocycles. The molecule has 0 aliphatic heterocycles. The fraction of sp³-hybridized carbons (Fsp3) is 0.500. The number of Topliss-reactive ketones (excluding diaryl/α,β-unsaturated/α-hetero) is 1. The lowest BCUT2D eigenvalue weighted by atomic mass is 9.97. The van der Waals surface area contributed by atoms with E-state index in [4.69, 9.17) is 14.2 Å². The Kier molecular flexibility index (Phi) is 7.17. The number of hydrogen-bond donors (Lipinski definition) is 1. The van der Waals surface area contributed by atoms with Crippen molar-refractivity contribution in [2.24, 2.45) is 0 Å². The molecule has 6 heteroatoms. The Balaban J connectivity index is 3.35. The van der Waals surface area contributed by atoms with Crippen LogP contribution >= 0.6 is 0 Å². The van der Waals surface area contributed by atoms with Gasteiger partial charge < -0.3 is 19.3 Å². The average Bonchev–Trinajstić information content (AvgIpc) is 2.52. The van der Waals surface area contributed by atoms with Gasteiger partial charge in [-0.3, -0.25) is 4.79 Å². The van der Waals surface area contributed by atoms with E-state index in [9.17, 15) is 14.7 Å². The van der Waals surface area contributed by atoms with Crippen LogP contribution in [0.1, 0.15) is 31.1 Å². The molecular formula is C16H22O6. The van der Waals surface area contributed by atoms with E-state index in [2.05, 4.69) is 0 Å². The van der Waals surface area contributed by atoms with Crippen LogP contribution in [0.2, 0.25) is 0 Å². The number of ketones is 1. The van der Waals surface area contributed by atoms with E-state index in [1.54, 1.807) is 51.1 Å². The quantitative estimate of drug-likeness (QED) is 0.526. The molecule has 0 radical (unpaired) electrons. The standard InChI is InChI=1S/C16H22O6/c1-4-20-14(15(18)19)16(21-5-2,22-6-3)13(17)12-10-8-7-9-11-12/h7-11,14H,4-6H2,1-3H3,(H,18,19). The van der Waals surface area contributed by atoms with E-state index < -0.39 is 23.6 Å². The first-order valence-corrected chi connectivity index (χ1v) is 7.25. The lowest BCUT2D eigenvalue weighted by Gasteiger charge is -2.35. The number of ether oxygens (including phenoxy) is 3. The van der Waals surface area contributed by atoms with Crippen molar-refractivity contribution in [3.63, 3.8) is 0 Å². The molecule has 0 bridgehead atoms. The number of carboxylic acids is 1. The van der Waals surface area contributed by atoms with E-state index in [1.165, 1.54) is 0 Å². The summed E-state index contributed by atoms with van der Waals surface area (Å²) >= 11 is 0. The zero-order valence-corrected chi connectivity index (χ0v) is 13.1. The van der Waals surface area contributed by atoms with E-state index in [0.717, 1.165) is 0 Å². The predicted octanol–water partition coefficient (Wildman–Crippen LogP) is 2.13. The third kappa shape index (κ3) is 3.91. The molecule has 1 atom stereocenters. The highest BCUT2D eigenvalue weighted by atomic mass is 16.7. The summed E-state index contributed by atoms with van der Waals surface area (Å²) < 4.78 is 16.2. The molecule has 1 aromatic carbocycles. The number of carbonyl (C=O) groups excluding carboxylic acids is 1.